The number of nitrogens with two attached hydrogens (primary N) is 1. The van der Waals surface area contributed by atoms with Gasteiger partial charge in [0.2, 0.25) is 0 Å². The largest absolute Gasteiger partial charge is 0.391 e. The number of nitrogen functional groups attached to an aromatic ring is 1. The summed E-state index contributed by atoms with van der Waals surface area (Å²) in [6.45, 7) is 2.63. The van der Waals surface area contributed by atoms with E-state index in [-0.39, 0.29) is 12.8 Å². The molecule has 0 amide bonds. The van der Waals surface area contributed by atoms with Crippen LogP contribution in [0.15, 0.2) is 6.33 Å². The van der Waals surface area contributed by atoms with Gasteiger partial charge in [-0.1, -0.05) is 6.92 Å². The number of hydrogen-bond acceptors (Lipinski definition) is 5. The molecular weight excluding hydrogens is 271 g/mol. The molecule has 1 aromatic heterocycles. The molecule has 112 valence electrons. The molecule has 5 nitrogen and oxygen atoms in total. The highest BCUT2D eigenvalue weighted by Gasteiger charge is 2.41. The molecule has 0 bridgehead atoms. The zero-order valence-electron chi connectivity index (χ0n) is 11.2. The van der Waals surface area contributed by atoms with Crippen LogP contribution in [0.5, 0.6) is 0 Å². The fourth-order valence-corrected chi connectivity index (χ4v) is 2.54. The van der Waals surface area contributed by atoms with Gasteiger partial charge in [-0.15, -0.1) is 0 Å². The molecule has 20 heavy (non-hydrogen) atoms. The van der Waals surface area contributed by atoms with Crippen LogP contribution in [0.25, 0.3) is 0 Å². The molecule has 2 heterocycles. The highest BCUT2D eigenvalue weighted by Crippen LogP contribution is 2.36. The molecule has 1 aliphatic heterocycles. The lowest BCUT2D eigenvalue weighted by Crippen LogP contribution is -2.40. The fourth-order valence-electron chi connectivity index (χ4n) is 2.54. The van der Waals surface area contributed by atoms with E-state index in [1.165, 1.54) is 6.33 Å². The summed E-state index contributed by atoms with van der Waals surface area (Å²) in [7, 11) is 0. The van der Waals surface area contributed by atoms with E-state index in [1.54, 1.807) is 0 Å². The molecule has 0 aliphatic carbocycles. The summed E-state index contributed by atoms with van der Waals surface area (Å²) in [6, 6.07) is 0. The number of alkyl halides is 3. The molecular formula is C12H18F3N5. The molecule has 1 fully saturated rings. The average Bonchev–Trinajstić information content (AvgIpc) is 2.45. The normalized spacial score (nSPS) is 17.4. The molecule has 0 saturated carbocycles. The van der Waals surface area contributed by atoms with Crippen LogP contribution in [-0.4, -0.2) is 29.2 Å². The number of halogens is 3. The van der Waals surface area contributed by atoms with Crippen LogP contribution in [0, 0.1) is 5.92 Å². The minimum atomic E-state index is -4.10. The van der Waals surface area contributed by atoms with Gasteiger partial charge in [0.1, 0.15) is 18.0 Å². The third kappa shape index (κ3) is 2.95. The van der Waals surface area contributed by atoms with E-state index in [1.807, 2.05) is 11.8 Å². The SMILES string of the molecule is CCc1c(NN)ncnc1N1CCC(C(F)(F)F)CC1. The molecule has 1 aliphatic rings. The van der Waals surface area contributed by atoms with Crippen LogP contribution in [0.3, 0.4) is 0 Å². The molecule has 0 unspecified atom stereocenters. The predicted molar refractivity (Wildman–Crippen MR) is 70.2 cm³/mol. The van der Waals surface area contributed by atoms with Crippen molar-refractivity contribution >= 4 is 11.6 Å². The molecule has 3 N–H and O–H groups in total. The Kier molecular flexibility index (Phi) is 4.32. The lowest BCUT2D eigenvalue weighted by molar-refractivity contribution is -0.179. The summed E-state index contributed by atoms with van der Waals surface area (Å²) in [5.74, 6) is 5.39. The summed E-state index contributed by atoms with van der Waals surface area (Å²) < 4.78 is 38.0. The van der Waals surface area contributed by atoms with Crippen LogP contribution in [-0.2, 0) is 6.42 Å². The maximum atomic E-state index is 12.7. The Morgan fingerprint density at radius 2 is 2.00 bits per heavy atom. The lowest BCUT2D eigenvalue weighted by Gasteiger charge is -2.34. The van der Waals surface area contributed by atoms with E-state index in [4.69, 9.17) is 5.84 Å². The van der Waals surface area contributed by atoms with Crippen molar-refractivity contribution in [1.29, 1.82) is 0 Å². The van der Waals surface area contributed by atoms with Crippen molar-refractivity contribution in [3.8, 4) is 0 Å². The summed E-state index contributed by atoms with van der Waals surface area (Å²) in [4.78, 5) is 10.1. The Morgan fingerprint density at radius 3 is 2.50 bits per heavy atom. The molecule has 2 rings (SSSR count). The first-order valence-electron chi connectivity index (χ1n) is 6.59. The smallest absolute Gasteiger partial charge is 0.356 e. The number of piperidine rings is 1. The van der Waals surface area contributed by atoms with Gasteiger partial charge in [-0.2, -0.15) is 13.2 Å². The summed E-state index contributed by atoms with van der Waals surface area (Å²) in [6.07, 6.45) is -1.87. The Bertz CT molecular complexity index is 455. The van der Waals surface area contributed by atoms with Crippen molar-refractivity contribution in [2.45, 2.75) is 32.4 Å². The third-order valence-corrected chi connectivity index (χ3v) is 3.67. The maximum Gasteiger partial charge on any atom is 0.391 e. The Morgan fingerprint density at radius 1 is 1.35 bits per heavy atom. The van der Waals surface area contributed by atoms with Crippen LogP contribution < -0.4 is 16.2 Å². The summed E-state index contributed by atoms with van der Waals surface area (Å²) in [5, 5.41) is 0. The summed E-state index contributed by atoms with van der Waals surface area (Å²) in [5.41, 5.74) is 3.33. The van der Waals surface area contributed by atoms with Gasteiger partial charge in [0.05, 0.1) is 5.92 Å². The quantitative estimate of drug-likeness (QED) is 0.659. The zero-order chi connectivity index (χ0) is 14.8. The maximum absolute atomic E-state index is 12.7. The van der Waals surface area contributed by atoms with Crippen LogP contribution in [0.4, 0.5) is 24.8 Å². The molecule has 0 aromatic carbocycles. The van der Waals surface area contributed by atoms with Crippen molar-refractivity contribution in [2.24, 2.45) is 11.8 Å². The van der Waals surface area contributed by atoms with Gasteiger partial charge in [0.25, 0.3) is 0 Å². The predicted octanol–water partition coefficient (Wildman–Crippen LogP) is 2.10. The van der Waals surface area contributed by atoms with Gasteiger partial charge in [-0.25, -0.2) is 15.8 Å². The summed E-state index contributed by atoms with van der Waals surface area (Å²) >= 11 is 0. The molecule has 1 saturated heterocycles. The van der Waals surface area contributed by atoms with Gasteiger partial charge >= 0.3 is 6.18 Å². The van der Waals surface area contributed by atoms with Crippen LogP contribution in [0.2, 0.25) is 0 Å². The highest BCUT2D eigenvalue weighted by molar-refractivity contribution is 5.58. The fraction of sp³-hybridized carbons (Fsp3) is 0.667. The topological polar surface area (TPSA) is 67.1 Å². The van der Waals surface area contributed by atoms with E-state index in [9.17, 15) is 13.2 Å². The number of aromatic nitrogens is 2. The van der Waals surface area contributed by atoms with Gasteiger partial charge in [0, 0.05) is 18.7 Å². The first kappa shape index (κ1) is 14.8. The number of hydrogen-bond donors (Lipinski definition) is 2. The number of anilines is 2. The first-order valence-corrected chi connectivity index (χ1v) is 6.59. The van der Waals surface area contributed by atoms with Crippen molar-refractivity contribution in [2.75, 3.05) is 23.4 Å². The molecule has 0 radical (unpaired) electrons. The van der Waals surface area contributed by atoms with Crippen molar-refractivity contribution in [3.05, 3.63) is 11.9 Å². The van der Waals surface area contributed by atoms with E-state index < -0.39 is 12.1 Å². The standard InChI is InChI=1S/C12H18F3N5/c1-2-9-10(19-16)17-7-18-11(9)20-5-3-8(4-6-20)12(13,14)15/h7-8H,2-6,16H2,1H3,(H,17,18,19). The number of hydrazine groups is 1. The second kappa shape index (κ2) is 5.82. The zero-order valence-corrected chi connectivity index (χ0v) is 11.2. The number of nitrogens with one attached hydrogen (secondary N) is 1. The van der Waals surface area contributed by atoms with E-state index in [0.29, 0.717) is 31.1 Å². The van der Waals surface area contributed by atoms with Gasteiger partial charge in [-0.3, -0.25) is 0 Å². The van der Waals surface area contributed by atoms with Crippen molar-refractivity contribution in [3.63, 3.8) is 0 Å². The Balaban J connectivity index is 2.15. The molecule has 8 heteroatoms. The minimum Gasteiger partial charge on any atom is -0.356 e. The van der Waals surface area contributed by atoms with E-state index >= 15 is 0 Å². The Labute approximate surface area is 115 Å². The molecule has 0 spiro atoms. The van der Waals surface area contributed by atoms with Gasteiger partial charge < -0.3 is 10.3 Å². The lowest BCUT2D eigenvalue weighted by atomic mass is 9.96. The van der Waals surface area contributed by atoms with Crippen LogP contribution in [0.1, 0.15) is 25.3 Å². The van der Waals surface area contributed by atoms with E-state index in [2.05, 4.69) is 15.4 Å². The average molecular weight is 289 g/mol. The van der Waals surface area contributed by atoms with Gasteiger partial charge in [0.15, 0.2) is 0 Å². The molecule has 1 aromatic rings. The van der Waals surface area contributed by atoms with E-state index in [0.717, 1.165) is 5.56 Å². The van der Waals surface area contributed by atoms with Crippen molar-refractivity contribution in [1.82, 2.24) is 9.97 Å². The Hall–Kier alpha value is -1.57. The van der Waals surface area contributed by atoms with Gasteiger partial charge in [-0.05, 0) is 19.3 Å². The molecule has 0 atom stereocenters. The third-order valence-electron chi connectivity index (χ3n) is 3.67. The van der Waals surface area contributed by atoms with Crippen LogP contribution >= 0.6 is 0 Å². The second-order valence-corrected chi connectivity index (χ2v) is 4.83. The monoisotopic (exact) mass is 289 g/mol. The number of rotatable bonds is 3. The second-order valence-electron chi connectivity index (χ2n) is 4.83. The first-order chi connectivity index (χ1) is 9.47. The highest BCUT2D eigenvalue weighted by atomic mass is 19.4. The van der Waals surface area contributed by atoms with Crippen molar-refractivity contribution < 1.29 is 13.2 Å². The number of nitrogens with zero attached hydrogens (tertiary/aromatic N) is 3. The minimum absolute atomic E-state index is 0.0993.